The molecule has 0 radical (unpaired) electrons. The van der Waals surface area contributed by atoms with Crippen LogP contribution in [0.3, 0.4) is 0 Å². The molecule has 0 atom stereocenters. The lowest BCUT2D eigenvalue weighted by molar-refractivity contribution is -0.138. The summed E-state index contributed by atoms with van der Waals surface area (Å²) in [4.78, 5) is 11.4. The molecule has 0 aromatic heterocycles. The van der Waals surface area contributed by atoms with Crippen LogP contribution in [0, 0.1) is 17.8 Å². The average molecular weight is 212 g/mol. The highest BCUT2D eigenvalue weighted by molar-refractivity contribution is 5.87. The van der Waals surface area contributed by atoms with Crippen LogP contribution >= 0.6 is 0 Å². The Hall–Kier alpha value is -0.790. The summed E-state index contributed by atoms with van der Waals surface area (Å²) < 4.78 is 4.96. The first-order valence-electron chi connectivity index (χ1n) is 5.75. The number of allylic oxidation sites excluding steroid dienone is 1. The molecule has 0 aromatic rings. The van der Waals surface area contributed by atoms with E-state index in [1.807, 2.05) is 19.9 Å². The Bertz CT molecular complexity index is 219. The molecule has 0 bridgehead atoms. The van der Waals surface area contributed by atoms with E-state index in [2.05, 4.69) is 27.7 Å². The van der Waals surface area contributed by atoms with E-state index >= 15 is 0 Å². The Morgan fingerprint density at radius 1 is 1.20 bits per heavy atom. The van der Waals surface area contributed by atoms with Crippen LogP contribution < -0.4 is 0 Å². The largest absolute Gasteiger partial charge is 0.463 e. The summed E-state index contributed by atoms with van der Waals surface area (Å²) in [6.45, 7) is 12.8. The normalized spacial score (nSPS) is 12.7. The first-order valence-corrected chi connectivity index (χ1v) is 5.75. The monoisotopic (exact) mass is 212 g/mol. The van der Waals surface area contributed by atoms with Gasteiger partial charge in [-0.15, -0.1) is 0 Å². The van der Waals surface area contributed by atoms with Crippen LogP contribution in [-0.2, 0) is 9.53 Å². The zero-order chi connectivity index (χ0) is 12.0. The third-order valence-corrected chi connectivity index (χ3v) is 2.58. The molecule has 0 spiro atoms. The molecule has 0 saturated heterocycles. The lowest BCUT2D eigenvalue weighted by Gasteiger charge is -2.21. The molecule has 0 fully saturated rings. The van der Waals surface area contributed by atoms with Crippen LogP contribution in [0.25, 0.3) is 0 Å². The maximum atomic E-state index is 11.4. The molecule has 0 aliphatic carbocycles. The van der Waals surface area contributed by atoms with Crippen LogP contribution in [0.1, 0.15) is 41.5 Å². The molecule has 15 heavy (non-hydrogen) atoms. The van der Waals surface area contributed by atoms with Crippen molar-refractivity contribution in [2.45, 2.75) is 41.5 Å². The van der Waals surface area contributed by atoms with Gasteiger partial charge in [-0.3, -0.25) is 0 Å². The van der Waals surface area contributed by atoms with Crippen molar-refractivity contribution in [3.05, 3.63) is 11.6 Å². The van der Waals surface area contributed by atoms with Gasteiger partial charge >= 0.3 is 5.97 Å². The number of hydrogen-bond donors (Lipinski definition) is 0. The second-order valence-electron chi connectivity index (χ2n) is 4.64. The summed E-state index contributed by atoms with van der Waals surface area (Å²) in [5.74, 6) is 1.35. The summed E-state index contributed by atoms with van der Waals surface area (Å²) in [5, 5.41) is 0. The van der Waals surface area contributed by atoms with E-state index in [9.17, 15) is 4.79 Å². The predicted octanol–water partition coefficient (Wildman–Crippen LogP) is 3.42. The molecular formula is C13H24O2. The molecule has 0 N–H and O–H groups in total. The summed E-state index contributed by atoms with van der Waals surface area (Å²) in [7, 11) is 0. The zero-order valence-electron chi connectivity index (χ0n) is 10.8. The van der Waals surface area contributed by atoms with Crippen molar-refractivity contribution in [1.29, 1.82) is 0 Å². The van der Waals surface area contributed by atoms with Gasteiger partial charge in [0.25, 0.3) is 0 Å². The van der Waals surface area contributed by atoms with Crippen LogP contribution in [0.15, 0.2) is 11.6 Å². The Kier molecular flexibility index (Phi) is 6.30. The van der Waals surface area contributed by atoms with Gasteiger partial charge in [0.15, 0.2) is 0 Å². The van der Waals surface area contributed by atoms with E-state index in [0.29, 0.717) is 24.4 Å². The third kappa shape index (κ3) is 5.01. The van der Waals surface area contributed by atoms with Crippen LogP contribution in [0.5, 0.6) is 0 Å². The highest BCUT2D eigenvalue weighted by Gasteiger charge is 2.17. The minimum Gasteiger partial charge on any atom is -0.463 e. The lowest BCUT2D eigenvalue weighted by atomic mass is 9.84. The van der Waals surface area contributed by atoms with Gasteiger partial charge in [0.2, 0.25) is 0 Å². The molecule has 0 aliphatic heterocycles. The van der Waals surface area contributed by atoms with Crippen molar-refractivity contribution >= 4 is 5.97 Å². The lowest BCUT2D eigenvalue weighted by Crippen LogP contribution is -2.15. The van der Waals surface area contributed by atoms with Gasteiger partial charge in [0, 0.05) is 5.57 Å². The number of ether oxygens (including phenoxy) is 1. The first kappa shape index (κ1) is 14.2. The van der Waals surface area contributed by atoms with Crippen LogP contribution in [0.4, 0.5) is 0 Å². The van der Waals surface area contributed by atoms with Crippen molar-refractivity contribution in [3.63, 3.8) is 0 Å². The minimum absolute atomic E-state index is 0.191. The van der Waals surface area contributed by atoms with Gasteiger partial charge in [0.1, 0.15) is 0 Å². The van der Waals surface area contributed by atoms with Crippen LogP contribution in [0.2, 0.25) is 0 Å². The Morgan fingerprint density at radius 2 is 1.67 bits per heavy atom. The zero-order valence-corrected chi connectivity index (χ0v) is 10.8. The van der Waals surface area contributed by atoms with Gasteiger partial charge in [-0.1, -0.05) is 33.8 Å². The Labute approximate surface area is 93.7 Å². The summed E-state index contributed by atoms with van der Waals surface area (Å²) in [5.41, 5.74) is 0.726. The number of esters is 1. The highest BCUT2D eigenvalue weighted by Crippen LogP contribution is 2.23. The van der Waals surface area contributed by atoms with E-state index in [4.69, 9.17) is 4.74 Å². The van der Waals surface area contributed by atoms with Crippen LogP contribution in [-0.4, -0.2) is 12.6 Å². The number of carbonyl (C=O) groups is 1. The van der Waals surface area contributed by atoms with Crippen molar-refractivity contribution in [2.75, 3.05) is 6.61 Å². The van der Waals surface area contributed by atoms with Gasteiger partial charge in [-0.25, -0.2) is 4.79 Å². The molecule has 0 unspecified atom stereocenters. The molecule has 0 rings (SSSR count). The number of hydrogen-bond acceptors (Lipinski definition) is 2. The van der Waals surface area contributed by atoms with Crippen molar-refractivity contribution in [3.8, 4) is 0 Å². The van der Waals surface area contributed by atoms with E-state index in [1.54, 1.807) is 0 Å². The molecule has 2 heteroatoms. The van der Waals surface area contributed by atoms with E-state index in [1.165, 1.54) is 0 Å². The summed E-state index contributed by atoms with van der Waals surface area (Å²) in [6, 6.07) is 0. The SMILES string of the molecule is CCOC(=O)/C(C)=C/C(C(C)C)C(C)C. The molecule has 0 saturated carbocycles. The van der Waals surface area contributed by atoms with Gasteiger partial charge in [-0.05, 0) is 31.6 Å². The smallest absolute Gasteiger partial charge is 0.333 e. The topological polar surface area (TPSA) is 26.3 Å². The Morgan fingerprint density at radius 3 is 2.00 bits per heavy atom. The van der Waals surface area contributed by atoms with Gasteiger partial charge < -0.3 is 4.74 Å². The standard InChI is InChI=1S/C13H24O2/c1-7-15-13(14)11(6)8-12(9(2)3)10(4)5/h8-10,12H,7H2,1-6H3/b11-8+. The van der Waals surface area contributed by atoms with Crippen molar-refractivity contribution in [2.24, 2.45) is 17.8 Å². The fourth-order valence-electron chi connectivity index (χ4n) is 1.76. The summed E-state index contributed by atoms with van der Waals surface area (Å²) in [6.07, 6.45) is 2.05. The first-order chi connectivity index (χ1) is 6.90. The number of rotatable bonds is 5. The van der Waals surface area contributed by atoms with E-state index in [-0.39, 0.29) is 5.97 Å². The predicted molar refractivity (Wildman–Crippen MR) is 63.6 cm³/mol. The fraction of sp³-hybridized carbons (Fsp3) is 0.769. The minimum atomic E-state index is -0.191. The van der Waals surface area contributed by atoms with Crippen molar-refractivity contribution < 1.29 is 9.53 Å². The highest BCUT2D eigenvalue weighted by atomic mass is 16.5. The Balaban J connectivity index is 4.60. The molecular weight excluding hydrogens is 188 g/mol. The second kappa shape index (κ2) is 6.65. The molecule has 0 heterocycles. The quantitative estimate of drug-likeness (QED) is 0.515. The molecule has 0 aliphatic rings. The average Bonchev–Trinajstić information content (AvgIpc) is 2.12. The second-order valence-corrected chi connectivity index (χ2v) is 4.64. The molecule has 0 amide bonds. The third-order valence-electron chi connectivity index (χ3n) is 2.58. The molecule has 2 nitrogen and oxygen atoms in total. The molecule has 88 valence electrons. The van der Waals surface area contributed by atoms with Gasteiger partial charge in [-0.2, -0.15) is 0 Å². The molecule has 0 aromatic carbocycles. The van der Waals surface area contributed by atoms with E-state index < -0.39 is 0 Å². The van der Waals surface area contributed by atoms with Gasteiger partial charge in [0.05, 0.1) is 6.61 Å². The van der Waals surface area contributed by atoms with Crippen molar-refractivity contribution in [1.82, 2.24) is 0 Å². The summed E-state index contributed by atoms with van der Waals surface area (Å²) >= 11 is 0. The maximum Gasteiger partial charge on any atom is 0.333 e. The number of carbonyl (C=O) groups excluding carboxylic acids is 1. The maximum absolute atomic E-state index is 11.4. The van der Waals surface area contributed by atoms with E-state index in [0.717, 1.165) is 5.57 Å². The fourth-order valence-corrected chi connectivity index (χ4v) is 1.76.